The molecule has 0 bridgehead atoms. The highest BCUT2D eigenvalue weighted by molar-refractivity contribution is 6.74. The first-order chi connectivity index (χ1) is 8.17. The van der Waals surface area contributed by atoms with Crippen LogP contribution in [-0.4, -0.2) is 46.9 Å². The Kier molecular flexibility index (Phi) is 5.38. The maximum atomic E-state index is 6.18. The molecular weight excluding hydrogens is 246 g/mol. The molecule has 0 unspecified atom stereocenters. The molecule has 5 heteroatoms. The summed E-state index contributed by atoms with van der Waals surface area (Å²) >= 11 is 0. The smallest absolute Gasteiger partial charge is 0.192 e. The molecule has 1 aliphatic rings. The second kappa shape index (κ2) is 6.01. The number of hydrogen-bond acceptors (Lipinski definition) is 4. The number of rotatable bonds is 4. The summed E-state index contributed by atoms with van der Waals surface area (Å²) < 4.78 is 17.3. The monoisotopic (exact) mass is 275 g/mol. The number of hydrogen-bond donors (Lipinski definition) is 1. The highest BCUT2D eigenvalue weighted by Crippen LogP contribution is 2.36. The maximum Gasteiger partial charge on any atom is 0.192 e. The summed E-state index contributed by atoms with van der Waals surface area (Å²) in [5.74, 6) is 0. The van der Waals surface area contributed by atoms with Gasteiger partial charge in [0.1, 0.15) is 0 Å². The number of ether oxygens (including phenoxy) is 2. The maximum absolute atomic E-state index is 6.18. The zero-order valence-corrected chi connectivity index (χ0v) is 13.7. The molecule has 1 rings (SSSR count). The van der Waals surface area contributed by atoms with Crippen LogP contribution in [0.2, 0.25) is 18.1 Å². The molecular formula is C13H29NO3Si. The Morgan fingerprint density at radius 1 is 1.33 bits per heavy atom. The first-order valence-corrected chi connectivity index (χ1v) is 9.62. The molecule has 108 valence electrons. The fraction of sp³-hybridized carbons (Fsp3) is 1.00. The van der Waals surface area contributed by atoms with E-state index >= 15 is 0 Å². The first-order valence-electron chi connectivity index (χ1n) is 6.71. The Hall–Kier alpha value is 0.0569. The van der Waals surface area contributed by atoms with Gasteiger partial charge in [-0.2, -0.15) is 0 Å². The van der Waals surface area contributed by atoms with E-state index in [1.54, 1.807) is 7.11 Å². The van der Waals surface area contributed by atoms with Crippen molar-refractivity contribution in [3.05, 3.63) is 0 Å². The Balaban J connectivity index is 2.45. The van der Waals surface area contributed by atoms with E-state index in [9.17, 15) is 0 Å². The third-order valence-electron chi connectivity index (χ3n) is 4.24. The van der Waals surface area contributed by atoms with Gasteiger partial charge in [0.25, 0.3) is 0 Å². The van der Waals surface area contributed by atoms with Crippen molar-refractivity contribution in [2.45, 2.75) is 63.6 Å². The molecule has 1 saturated heterocycles. The largest absolute Gasteiger partial charge is 0.414 e. The SMILES string of the molecule is CO[C@@H]1C[C@@H](CO[Si](C)(C)C(C)(C)C)OC[C@@H]1N. The molecule has 0 aromatic carbocycles. The summed E-state index contributed by atoms with van der Waals surface area (Å²) in [6.07, 6.45) is 1.03. The molecule has 2 N–H and O–H groups in total. The van der Waals surface area contributed by atoms with Crippen LogP contribution in [0.15, 0.2) is 0 Å². The van der Waals surface area contributed by atoms with E-state index in [1.165, 1.54) is 0 Å². The van der Waals surface area contributed by atoms with E-state index < -0.39 is 8.32 Å². The molecule has 0 radical (unpaired) electrons. The van der Waals surface area contributed by atoms with Gasteiger partial charge in [-0.15, -0.1) is 0 Å². The van der Waals surface area contributed by atoms with Crippen molar-refractivity contribution < 1.29 is 13.9 Å². The standard InChI is InChI=1S/C13H29NO3Si/c1-13(2,3)18(5,6)17-8-10-7-12(15-4)11(14)9-16-10/h10-12H,7-9,14H2,1-6H3/t10-,11-,12+/m0/s1. The van der Waals surface area contributed by atoms with Crippen molar-refractivity contribution >= 4 is 8.32 Å². The summed E-state index contributed by atoms with van der Waals surface area (Å²) in [5, 5.41) is 0.235. The average Bonchev–Trinajstić information content (AvgIpc) is 2.26. The van der Waals surface area contributed by atoms with Gasteiger partial charge in [0.15, 0.2) is 8.32 Å². The van der Waals surface area contributed by atoms with Gasteiger partial charge in [-0.1, -0.05) is 20.8 Å². The van der Waals surface area contributed by atoms with E-state index in [0.29, 0.717) is 13.2 Å². The molecule has 0 aliphatic carbocycles. The minimum absolute atomic E-state index is 0.0147. The van der Waals surface area contributed by atoms with Crippen molar-refractivity contribution in [3.8, 4) is 0 Å². The Bertz CT molecular complexity index is 265. The molecule has 0 spiro atoms. The van der Waals surface area contributed by atoms with E-state index in [-0.39, 0.29) is 23.3 Å². The quantitative estimate of drug-likeness (QED) is 0.799. The van der Waals surface area contributed by atoms with Crippen molar-refractivity contribution in [1.29, 1.82) is 0 Å². The van der Waals surface area contributed by atoms with Gasteiger partial charge in [0.2, 0.25) is 0 Å². The minimum atomic E-state index is -1.69. The van der Waals surface area contributed by atoms with Crippen molar-refractivity contribution in [2.24, 2.45) is 5.73 Å². The molecule has 4 nitrogen and oxygen atoms in total. The van der Waals surface area contributed by atoms with Crippen molar-refractivity contribution in [1.82, 2.24) is 0 Å². The topological polar surface area (TPSA) is 53.7 Å². The van der Waals surface area contributed by atoms with Crippen LogP contribution < -0.4 is 5.73 Å². The van der Waals surface area contributed by atoms with E-state index in [1.807, 2.05) is 0 Å². The number of methoxy groups -OCH3 is 1. The van der Waals surface area contributed by atoms with Gasteiger partial charge < -0.3 is 19.6 Å². The first kappa shape index (κ1) is 16.1. The van der Waals surface area contributed by atoms with Gasteiger partial charge in [0, 0.05) is 13.5 Å². The average molecular weight is 275 g/mol. The van der Waals surface area contributed by atoms with Gasteiger partial charge in [-0.05, 0) is 18.1 Å². The summed E-state index contributed by atoms with van der Waals surface area (Å²) in [7, 11) is 0.0198. The molecule has 0 amide bonds. The van der Waals surface area contributed by atoms with Crippen LogP contribution >= 0.6 is 0 Å². The lowest BCUT2D eigenvalue weighted by Crippen LogP contribution is -2.50. The van der Waals surface area contributed by atoms with Crippen LogP contribution in [0.5, 0.6) is 0 Å². The Labute approximate surface area is 112 Å². The molecule has 0 saturated carbocycles. The predicted molar refractivity (Wildman–Crippen MR) is 76.3 cm³/mol. The second-order valence-corrected chi connectivity index (χ2v) is 11.5. The lowest BCUT2D eigenvalue weighted by molar-refractivity contribution is -0.0854. The van der Waals surface area contributed by atoms with E-state index in [2.05, 4.69) is 33.9 Å². The van der Waals surface area contributed by atoms with E-state index in [4.69, 9.17) is 19.6 Å². The third kappa shape index (κ3) is 4.03. The fourth-order valence-corrected chi connectivity index (χ4v) is 2.80. The lowest BCUT2D eigenvalue weighted by Gasteiger charge is -2.39. The summed E-state index contributed by atoms with van der Waals surface area (Å²) in [6.45, 7) is 12.5. The molecule has 0 aromatic rings. The molecule has 0 aromatic heterocycles. The lowest BCUT2D eigenvalue weighted by atomic mass is 10.0. The van der Waals surface area contributed by atoms with E-state index in [0.717, 1.165) is 6.42 Å². The molecule has 18 heavy (non-hydrogen) atoms. The molecule has 3 atom stereocenters. The Morgan fingerprint density at radius 3 is 2.44 bits per heavy atom. The van der Waals surface area contributed by atoms with Crippen LogP contribution in [0.3, 0.4) is 0 Å². The number of nitrogens with two attached hydrogens (primary N) is 1. The zero-order chi connectivity index (χ0) is 14.0. The highest BCUT2D eigenvalue weighted by Gasteiger charge is 2.38. The highest BCUT2D eigenvalue weighted by atomic mass is 28.4. The molecule has 1 fully saturated rings. The second-order valence-electron chi connectivity index (χ2n) is 6.70. The summed E-state index contributed by atoms with van der Waals surface area (Å²) in [4.78, 5) is 0. The van der Waals surface area contributed by atoms with Crippen LogP contribution in [0.1, 0.15) is 27.2 Å². The van der Waals surface area contributed by atoms with Gasteiger partial charge in [-0.25, -0.2) is 0 Å². The predicted octanol–water partition coefficient (Wildman–Crippen LogP) is 2.14. The molecule has 1 heterocycles. The van der Waals surface area contributed by atoms with Gasteiger partial charge >= 0.3 is 0 Å². The van der Waals surface area contributed by atoms with Crippen LogP contribution in [0.4, 0.5) is 0 Å². The Morgan fingerprint density at radius 2 is 1.94 bits per heavy atom. The summed E-state index contributed by atoms with van der Waals surface area (Å²) in [6, 6.07) is -0.0147. The summed E-state index contributed by atoms with van der Waals surface area (Å²) in [5.41, 5.74) is 5.92. The zero-order valence-electron chi connectivity index (χ0n) is 12.7. The van der Waals surface area contributed by atoms with Gasteiger partial charge in [-0.3, -0.25) is 0 Å². The fourth-order valence-electron chi connectivity index (χ4n) is 1.76. The van der Waals surface area contributed by atoms with Crippen LogP contribution in [0.25, 0.3) is 0 Å². The minimum Gasteiger partial charge on any atom is -0.414 e. The normalized spacial score (nSPS) is 30.5. The van der Waals surface area contributed by atoms with Gasteiger partial charge in [0.05, 0.1) is 31.5 Å². The van der Waals surface area contributed by atoms with Crippen LogP contribution in [0, 0.1) is 0 Å². The third-order valence-corrected chi connectivity index (χ3v) is 8.74. The van der Waals surface area contributed by atoms with Crippen molar-refractivity contribution in [2.75, 3.05) is 20.3 Å². The van der Waals surface area contributed by atoms with Crippen LogP contribution in [-0.2, 0) is 13.9 Å². The molecule has 1 aliphatic heterocycles. The van der Waals surface area contributed by atoms with Crippen molar-refractivity contribution in [3.63, 3.8) is 0 Å².